The average Bonchev–Trinajstić information content (AvgIpc) is 2.73. The molecule has 0 aromatic heterocycles. The van der Waals surface area contributed by atoms with Gasteiger partial charge >= 0.3 is 0 Å². The van der Waals surface area contributed by atoms with E-state index in [0.717, 1.165) is 28.2 Å². The van der Waals surface area contributed by atoms with Crippen LogP contribution in [0.15, 0.2) is 83.0 Å². The van der Waals surface area contributed by atoms with Gasteiger partial charge in [0.2, 0.25) is 5.96 Å². The molecule has 0 bridgehead atoms. The van der Waals surface area contributed by atoms with Gasteiger partial charge in [0.15, 0.2) is 0 Å². The monoisotopic (exact) mass is 374 g/mol. The minimum Gasteiger partial charge on any atom is -0.496 e. The Labute approximate surface area is 164 Å². The Kier molecular flexibility index (Phi) is 6.25. The van der Waals surface area contributed by atoms with Crippen LogP contribution in [-0.2, 0) is 6.61 Å². The molecule has 0 aliphatic heterocycles. The molecular formula is C22H22N4O2. The Balaban J connectivity index is 1.71. The zero-order chi connectivity index (χ0) is 19.8. The van der Waals surface area contributed by atoms with E-state index in [1.54, 1.807) is 13.3 Å². The second-order valence-corrected chi connectivity index (χ2v) is 6.02. The van der Waals surface area contributed by atoms with E-state index >= 15 is 0 Å². The third-order valence-corrected chi connectivity index (χ3v) is 4.04. The Hall–Kier alpha value is -3.80. The summed E-state index contributed by atoms with van der Waals surface area (Å²) in [4.78, 5) is 0. The summed E-state index contributed by atoms with van der Waals surface area (Å²) in [6, 6.07) is 23.8. The van der Waals surface area contributed by atoms with Crippen LogP contribution in [-0.4, -0.2) is 19.3 Å². The lowest BCUT2D eigenvalue weighted by atomic mass is 10.1. The molecule has 0 aliphatic rings. The van der Waals surface area contributed by atoms with Gasteiger partial charge in [0, 0.05) is 5.56 Å². The first-order chi connectivity index (χ1) is 13.7. The van der Waals surface area contributed by atoms with Gasteiger partial charge in [-0.05, 0) is 47.0 Å². The highest BCUT2D eigenvalue weighted by atomic mass is 16.5. The van der Waals surface area contributed by atoms with Crippen LogP contribution in [0.3, 0.4) is 0 Å². The minimum absolute atomic E-state index is 0.0905. The molecule has 3 rings (SSSR count). The quantitative estimate of drug-likeness (QED) is 0.376. The number of ether oxygens (including phenoxy) is 2. The fourth-order valence-electron chi connectivity index (χ4n) is 2.69. The van der Waals surface area contributed by atoms with Crippen LogP contribution >= 0.6 is 0 Å². The van der Waals surface area contributed by atoms with Crippen LogP contribution < -0.4 is 20.9 Å². The van der Waals surface area contributed by atoms with E-state index in [0.29, 0.717) is 6.61 Å². The lowest BCUT2D eigenvalue weighted by Gasteiger charge is -2.11. The lowest BCUT2D eigenvalue weighted by Crippen LogP contribution is -2.21. The third kappa shape index (κ3) is 5.11. The van der Waals surface area contributed by atoms with E-state index in [4.69, 9.17) is 20.9 Å². The van der Waals surface area contributed by atoms with Gasteiger partial charge in [-0.3, -0.25) is 0 Å². The van der Waals surface area contributed by atoms with Gasteiger partial charge in [0.05, 0.1) is 13.3 Å². The molecule has 3 aromatic rings. The fourth-order valence-corrected chi connectivity index (χ4v) is 2.69. The Bertz CT molecular complexity index is 964. The maximum absolute atomic E-state index is 5.93. The van der Waals surface area contributed by atoms with Crippen molar-refractivity contribution in [2.45, 2.75) is 6.61 Å². The molecule has 0 saturated carbocycles. The molecule has 0 spiro atoms. The molecule has 0 amide bonds. The van der Waals surface area contributed by atoms with Gasteiger partial charge < -0.3 is 20.9 Å². The molecule has 3 aromatic carbocycles. The fraction of sp³-hybridized carbons (Fsp3) is 0.0909. The highest BCUT2D eigenvalue weighted by Gasteiger charge is 2.06. The van der Waals surface area contributed by atoms with E-state index in [2.05, 4.69) is 22.3 Å². The average molecular weight is 374 g/mol. The molecule has 6 heteroatoms. The van der Waals surface area contributed by atoms with E-state index in [1.807, 2.05) is 60.7 Å². The maximum Gasteiger partial charge on any atom is 0.211 e. The first-order valence-electron chi connectivity index (χ1n) is 8.73. The summed E-state index contributed by atoms with van der Waals surface area (Å²) in [7, 11) is 1.63. The van der Waals surface area contributed by atoms with Crippen molar-refractivity contribution in [2.75, 3.05) is 7.11 Å². The second-order valence-electron chi connectivity index (χ2n) is 6.02. The van der Waals surface area contributed by atoms with Crippen LogP contribution in [0.1, 0.15) is 11.1 Å². The van der Waals surface area contributed by atoms with Crippen molar-refractivity contribution < 1.29 is 9.47 Å². The van der Waals surface area contributed by atoms with Gasteiger partial charge in [0.25, 0.3) is 0 Å². The highest BCUT2D eigenvalue weighted by molar-refractivity contribution is 5.82. The van der Waals surface area contributed by atoms with Gasteiger partial charge in [-0.2, -0.15) is 5.10 Å². The van der Waals surface area contributed by atoms with Crippen molar-refractivity contribution in [1.29, 1.82) is 0 Å². The number of nitrogens with two attached hydrogens (primary N) is 2. The standard InChI is InChI=1S/C22H22N4O2/c1-27-21-12-7-16(14-25-26-22(23)24)13-19(21)15-28-20-10-8-18(9-11-20)17-5-3-2-4-6-17/h2-14H,15H2,1H3,(H4,23,24,26). The summed E-state index contributed by atoms with van der Waals surface area (Å²) in [5, 5.41) is 7.42. The molecule has 6 nitrogen and oxygen atoms in total. The van der Waals surface area contributed by atoms with Crippen molar-refractivity contribution in [3.05, 3.63) is 83.9 Å². The summed E-state index contributed by atoms with van der Waals surface area (Å²) in [5.41, 5.74) is 14.6. The largest absolute Gasteiger partial charge is 0.496 e. The predicted octanol–water partition coefficient (Wildman–Crippen LogP) is 3.55. The van der Waals surface area contributed by atoms with Gasteiger partial charge in [-0.15, -0.1) is 5.10 Å². The summed E-state index contributed by atoms with van der Waals surface area (Å²) < 4.78 is 11.3. The maximum atomic E-state index is 5.93. The van der Waals surface area contributed by atoms with Crippen molar-refractivity contribution in [3.8, 4) is 22.6 Å². The molecule has 0 radical (unpaired) electrons. The highest BCUT2D eigenvalue weighted by Crippen LogP contribution is 2.25. The summed E-state index contributed by atoms with van der Waals surface area (Å²) in [6.45, 7) is 0.359. The summed E-state index contributed by atoms with van der Waals surface area (Å²) in [5.74, 6) is 1.42. The third-order valence-electron chi connectivity index (χ3n) is 4.04. The normalized spacial score (nSPS) is 10.6. The molecule has 28 heavy (non-hydrogen) atoms. The number of rotatable bonds is 7. The SMILES string of the molecule is COc1ccc(C=NN=C(N)N)cc1COc1ccc(-c2ccccc2)cc1. The first-order valence-corrected chi connectivity index (χ1v) is 8.73. The zero-order valence-electron chi connectivity index (χ0n) is 15.6. The van der Waals surface area contributed by atoms with E-state index in [9.17, 15) is 0 Å². The molecule has 0 aliphatic carbocycles. The van der Waals surface area contributed by atoms with Crippen molar-refractivity contribution in [3.63, 3.8) is 0 Å². The minimum atomic E-state index is -0.0905. The Morgan fingerprint density at radius 3 is 2.32 bits per heavy atom. The van der Waals surface area contributed by atoms with Crippen molar-refractivity contribution >= 4 is 12.2 Å². The lowest BCUT2D eigenvalue weighted by molar-refractivity contribution is 0.296. The number of hydrogen-bond donors (Lipinski definition) is 2. The molecule has 0 unspecified atom stereocenters. The predicted molar refractivity (Wildman–Crippen MR) is 113 cm³/mol. The molecule has 0 fully saturated rings. The van der Waals surface area contributed by atoms with E-state index in [-0.39, 0.29) is 5.96 Å². The Morgan fingerprint density at radius 1 is 0.929 bits per heavy atom. The summed E-state index contributed by atoms with van der Waals surface area (Å²) >= 11 is 0. The topological polar surface area (TPSA) is 95.2 Å². The van der Waals surface area contributed by atoms with Crippen LogP contribution in [0.5, 0.6) is 11.5 Å². The molecular weight excluding hydrogens is 352 g/mol. The smallest absolute Gasteiger partial charge is 0.211 e. The van der Waals surface area contributed by atoms with Crippen LogP contribution in [0.2, 0.25) is 0 Å². The van der Waals surface area contributed by atoms with Crippen LogP contribution in [0, 0.1) is 0 Å². The van der Waals surface area contributed by atoms with Crippen LogP contribution in [0.4, 0.5) is 0 Å². The van der Waals surface area contributed by atoms with Gasteiger partial charge in [-0.25, -0.2) is 0 Å². The van der Waals surface area contributed by atoms with Gasteiger partial charge in [-0.1, -0.05) is 42.5 Å². The second kappa shape index (κ2) is 9.23. The summed E-state index contributed by atoms with van der Waals surface area (Å²) in [6.07, 6.45) is 1.57. The zero-order valence-corrected chi connectivity index (χ0v) is 15.6. The number of hydrogen-bond acceptors (Lipinski definition) is 4. The number of methoxy groups -OCH3 is 1. The molecule has 0 atom stereocenters. The van der Waals surface area contributed by atoms with E-state index in [1.165, 1.54) is 5.56 Å². The number of benzene rings is 3. The number of guanidine groups is 1. The van der Waals surface area contributed by atoms with Crippen molar-refractivity contribution in [1.82, 2.24) is 0 Å². The molecule has 0 heterocycles. The molecule has 0 saturated heterocycles. The number of nitrogens with zero attached hydrogens (tertiary/aromatic N) is 2. The molecule has 4 N–H and O–H groups in total. The van der Waals surface area contributed by atoms with Crippen LogP contribution in [0.25, 0.3) is 11.1 Å². The molecule has 142 valence electrons. The van der Waals surface area contributed by atoms with Gasteiger partial charge in [0.1, 0.15) is 18.1 Å². The van der Waals surface area contributed by atoms with Crippen molar-refractivity contribution in [2.24, 2.45) is 21.7 Å². The Morgan fingerprint density at radius 2 is 1.64 bits per heavy atom. The first kappa shape index (κ1) is 19.0. The van der Waals surface area contributed by atoms with E-state index < -0.39 is 0 Å².